The van der Waals surface area contributed by atoms with E-state index < -0.39 is 0 Å². The van der Waals surface area contributed by atoms with E-state index in [9.17, 15) is 10.1 Å². The van der Waals surface area contributed by atoms with Crippen LogP contribution in [-0.4, -0.2) is 30.8 Å². The predicted molar refractivity (Wildman–Crippen MR) is 75.9 cm³/mol. The Bertz CT molecular complexity index is 458. The minimum Gasteiger partial charge on any atom is -0.381 e. The Hall–Kier alpha value is -1.66. The zero-order valence-corrected chi connectivity index (χ0v) is 11.6. The molecule has 1 aromatic rings. The van der Waals surface area contributed by atoms with E-state index in [1.54, 1.807) is 6.07 Å². The van der Waals surface area contributed by atoms with Gasteiger partial charge in [0.05, 0.1) is 17.6 Å². The molecular weight excluding hydrogens is 260 g/mol. The quantitative estimate of drug-likeness (QED) is 0.640. The van der Waals surface area contributed by atoms with Gasteiger partial charge in [-0.05, 0) is 19.8 Å². The van der Waals surface area contributed by atoms with E-state index in [1.165, 1.54) is 6.07 Å². The summed E-state index contributed by atoms with van der Waals surface area (Å²) in [6.45, 7) is 4.38. The molecule has 0 atom stereocenters. The van der Waals surface area contributed by atoms with Gasteiger partial charge in [0.15, 0.2) is 0 Å². The van der Waals surface area contributed by atoms with E-state index in [2.05, 4.69) is 5.32 Å². The second kappa shape index (κ2) is 7.21. The molecule has 0 unspecified atom stereocenters. The number of rotatable bonds is 6. The first-order valence-electron chi connectivity index (χ1n) is 6.92. The number of benzene rings is 1. The molecule has 1 saturated heterocycles. The van der Waals surface area contributed by atoms with Gasteiger partial charge in [-0.2, -0.15) is 0 Å². The van der Waals surface area contributed by atoms with E-state index in [-0.39, 0.29) is 16.7 Å². The van der Waals surface area contributed by atoms with Crippen LogP contribution in [0.15, 0.2) is 18.2 Å². The maximum atomic E-state index is 11.1. The lowest BCUT2D eigenvalue weighted by Crippen LogP contribution is -2.23. The molecule has 0 spiro atoms. The number of nitrogens with zero attached hydrogens (tertiary/aromatic N) is 1. The zero-order chi connectivity index (χ0) is 14.4. The highest BCUT2D eigenvalue weighted by atomic mass is 16.6. The molecule has 6 nitrogen and oxygen atoms in total. The topological polar surface area (TPSA) is 73.6 Å². The molecule has 110 valence electrons. The Balaban J connectivity index is 2.09. The number of anilines is 1. The summed E-state index contributed by atoms with van der Waals surface area (Å²) in [7, 11) is 0. The van der Waals surface area contributed by atoms with Crippen LogP contribution in [-0.2, 0) is 16.1 Å². The molecule has 20 heavy (non-hydrogen) atoms. The molecule has 1 fully saturated rings. The van der Waals surface area contributed by atoms with E-state index in [1.807, 2.05) is 13.0 Å². The normalized spacial score (nSPS) is 16.1. The summed E-state index contributed by atoms with van der Waals surface area (Å²) in [5, 5.41) is 14.1. The van der Waals surface area contributed by atoms with Crippen molar-refractivity contribution in [3.63, 3.8) is 0 Å². The molecule has 0 amide bonds. The smallest absolute Gasteiger partial charge is 0.292 e. The van der Waals surface area contributed by atoms with Crippen molar-refractivity contribution >= 4 is 11.4 Å². The van der Waals surface area contributed by atoms with E-state index >= 15 is 0 Å². The standard InChI is InChI=1S/C14H20N2O4/c1-2-15-14-11(4-3-5-13(14)16(17)18)10-20-12-6-8-19-9-7-12/h3-5,12,15H,2,6-10H2,1H3. The molecule has 0 bridgehead atoms. The summed E-state index contributed by atoms with van der Waals surface area (Å²) in [4.78, 5) is 10.7. The minimum atomic E-state index is -0.365. The van der Waals surface area contributed by atoms with Gasteiger partial charge in [0.2, 0.25) is 0 Å². The van der Waals surface area contributed by atoms with Gasteiger partial charge >= 0.3 is 0 Å². The fraction of sp³-hybridized carbons (Fsp3) is 0.571. The van der Waals surface area contributed by atoms with E-state index in [4.69, 9.17) is 9.47 Å². The van der Waals surface area contributed by atoms with Crippen molar-refractivity contribution in [3.8, 4) is 0 Å². The van der Waals surface area contributed by atoms with Gasteiger partial charge in [0, 0.05) is 31.4 Å². The summed E-state index contributed by atoms with van der Waals surface area (Å²) >= 11 is 0. The molecule has 0 aliphatic carbocycles. The third kappa shape index (κ3) is 3.68. The molecule has 0 saturated carbocycles. The van der Waals surface area contributed by atoms with Crippen molar-refractivity contribution < 1.29 is 14.4 Å². The molecular formula is C14H20N2O4. The van der Waals surface area contributed by atoms with Crippen molar-refractivity contribution in [2.75, 3.05) is 25.1 Å². The highest BCUT2D eigenvalue weighted by Crippen LogP contribution is 2.29. The van der Waals surface area contributed by atoms with Crippen LogP contribution < -0.4 is 5.32 Å². The highest BCUT2D eigenvalue weighted by Gasteiger charge is 2.19. The summed E-state index contributed by atoms with van der Waals surface area (Å²) in [6, 6.07) is 5.07. The average Bonchev–Trinajstić information content (AvgIpc) is 2.47. The molecule has 0 aromatic heterocycles. The molecule has 1 N–H and O–H groups in total. The zero-order valence-electron chi connectivity index (χ0n) is 11.6. The first-order valence-corrected chi connectivity index (χ1v) is 6.92. The molecule has 2 rings (SSSR count). The van der Waals surface area contributed by atoms with Crippen molar-refractivity contribution in [2.45, 2.75) is 32.5 Å². The average molecular weight is 280 g/mol. The summed E-state index contributed by atoms with van der Waals surface area (Å²) in [5.74, 6) is 0. The second-order valence-electron chi connectivity index (χ2n) is 4.72. The first-order chi connectivity index (χ1) is 9.72. The predicted octanol–water partition coefficient (Wildman–Crippen LogP) is 2.72. The van der Waals surface area contributed by atoms with Crippen LogP contribution in [0.1, 0.15) is 25.3 Å². The number of nitro benzene ring substituents is 1. The molecule has 1 heterocycles. The Kier molecular flexibility index (Phi) is 5.31. The molecule has 6 heteroatoms. The first kappa shape index (κ1) is 14.7. The van der Waals surface area contributed by atoms with E-state index in [0.29, 0.717) is 18.8 Å². The van der Waals surface area contributed by atoms with Crippen molar-refractivity contribution in [2.24, 2.45) is 0 Å². The van der Waals surface area contributed by atoms with Gasteiger partial charge < -0.3 is 14.8 Å². The molecule has 1 aliphatic rings. The molecule has 1 aromatic carbocycles. The highest BCUT2D eigenvalue weighted by molar-refractivity contribution is 5.66. The Labute approximate surface area is 118 Å². The van der Waals surface area contributed by atoms with Crippen LogP contribution in [0.4, 0.5) is 11.4 Å². The maximum absolute atomic E-state index is 11.1. The van der Waals surface area contributed by atoms with Crippen molar-refractivity contribution in [1.29, 1.82) is 0 Å². The number of para-hydroxylation sites is 1. The number of ether oxygens (including phenoxy) is 2. The monoisotopic (exact) mass is 280 g/mol. The van der Waals surface area contributed by atoms with Gasteiger partial charge in [-0.1, -0.05) is 12.1 Å². The Morgan fingerprint density at radius 3 is 2.85 bits per heavy atom. The molecule has 0 radical (unpaired) electrons. The summed E-state index contributed by atoms with van der Waals surface area (Å²) in [6.07, 6.45) is 1.94. The minimum absolute atomic E-state index is 0.0972. The summed E-state index contributed by atoms with van der Waals surface area (Å²) < 4.78 is 11.1. The van der Waals surface area contributed by atoms with Crippen LogP contribution in [0.25, 0.3) is 0 Å². The Morgan fingerprint density at radius 1 is 1.45 bits per heavy atom. The van der Waals surface area contributed by atoms with Gasteiger partial charge in [-0.25, -0.2) is 0 Å². The van der Waals surface area contributed by atoms with Gasteiger partial charge in [0.25, 0.3) is 5.69 Å². The number of nitrogens with one attached hydrogen (secondary N) is 1. The van der Waals surface area contributed by atoms with Crippen LogP contribution in [0, 0.1) is 10.1 Å². The van der Waals surface area contributed by atoms with E-state index in [0.717, 1.165) is 31.6 Å². The lowest BCUT2D eigenvalue weighted by molar-refractivity contribution is -0.384. The van der Waals surface area contributed by atoms with Crippen LogP contribution in [0.5, 0.6) is 0 Å². The van der Waals surface area contributed by atoms with Gasteiger partial charge in [-0.3, -0.25) is 10.1 Å². The fourth-order valence-electron chi connectivity index (χ4n) is 2.29. The van der Waals surface area contributed by atoms with Gasteiger partial charge in [-0.15, -0.1) is 0 Å². The lowest BCUT2D eigenvalue weighted by Gasteiger charge is -2.23. The second-order valence-corrected chi connectivity index (χ2v) is 4.72. The lowest BCUT2D eigenvalue weighted by atomic mass is 10.1. The SMILES string of the molecule is CCNc1c(COC2CCOCC2)cccc1[N+](=O)[O-]. The third-order valence-corrected chi connectivity index (χ3v) is 3.32. The van der Waals surface area contributed by atoms with Crippen molar-refractivity contribution in [1.82, 2.24) is 0 Å². The number of hydrogen-bond donors (Lipinski definition) is 1. The number of hydrogen-bond acceptors (Lipinski definition) is 5. The maximum Gasteiger partial charge on any atom is 0.292 e. The molecule has 1 aliphatic heterocycles. The number of nitro groups is 1. The van der Waals surface area contributed by atoms with Crippen molar-refractivity contribution in [3.05, 3.63) is 33.9 Å². The third-order valence-electron chi connectivity index (χ3n) is 3.32. The van der Waals surface area contributed by atoms with Crippen LogP contribution in [0.2, 0.25) is 0 Å². The fourth-order valence-corrected chi connectivity index (χ4v) is 2.29. The van der Waals surface area contributed by atoms with Crippen LogP contribution in [0.3, 0.4) is 0 Å². The largest absolute Gasteiger partial charge is 0.381 e. The summed E-state index contributed by atoms with van der Waals surface area (Å²) in [5.41, 5.74) is 1.49. The van der Waals surface area contributed by atoms with Gasteiger partial charge in [0.1, 0.15) is 5.69 Å². The Morgan fingerprint density at radius 2 is 2.20 bits per heavy atom. The van der Waals surface area contributed by atoms with Crippen LogP contribution >= 0.6 is 0 Å².